The van der Waals surface area contributed by atoms with E-state index in [9.17, 15) is 14.9 Å². The quantitative estimate of drug-likeness (QED) is 0.459. The zero-order valence-electron chi connectivity index (χ0n) is 8.10. The van der Waals surface area contributed by atoms with Gasteiger partial charge in [-0.2, -0.15) is 0 Å². The highest BCUT2D eigenvalue weighted by Gasteiger charge is 2.11. The molecule has 1 rings (SSSR count). The van der Waals surface area contributed by atoms with Crippen LogP contribution in [-0.4, -0.2) is 11.1 Å². The lowest BCUT2D eigenvalue weighted by Crippen LogP contribution is -2.11. The molecule has 0 saturated heterocycles. The number of anilines is 1. The van der Waals surface area contributed by atoms with Gasteiger partial charge in [-0.3, -0.25) is 4.79 Å². The Kier molecular flexibility index (Phi) is 3.22. The van der Waals surface area contributed by atoms with Crippen LogP contribution in [0.15, 0.2) is 18.2 Å². The van der Waals surface area contributed by atoms with E-state index in [0.29, 0.717) is 12.1 Å². The highest BCUT2D eigenvalue weighted by molar-refractivity contribution is 5.89. The van der Waals surface area contributed by atoms with Crippen LogP contribution in [0, 0.1) is 10.1 Å². The van der Waals surface area contributed by atoms with Crippen molar-refractivity contribution in [3.63, 3.8) is 0 Å². The van der Waals surface area contributed by atoms with Crippen LogP contribution in [0.1, 0.15) is 22.8 Å². The third kappa shape index (κ3) is 2.67. The van der Waals surface area contributed by atoms with Crippen molar-refractivity contribution in [1.29, 1.82) is 0 Å². The molecule has 0 aliphatic rings. The molecule has 0 heterocycles. The van der Waals surface area contributed by atoms with Crippen LogP contribution < -0.4 is 5.73 Å². The maximum Gasteiger partial charge on any atom is 0.334 e. The normalized spacial score (nSPS) is 9.67. The summed E-state index contributed by atoms with van der Waals surface area (Å²) in [6, 6.07) is 4.40. The zero-order chi connectivity index (χ0) is 11.4. The Morgan fingerprint density at radius 2 is 2.27 bits per heavy atom. The molecule has 1 aromatic carbocycles. The van der Waals surface area contributed by atoms with E-state index in [0.717, 1.165) is 5.56 Å². The summed E-state index contributed by atoms with van der Waals surface area (Å²) >= 11 is 0. The molecule has 0 fully saturated rings. The Morgan fingerprint density at radius 1 is 1.60 bits per heavy atom. The molecule has 0 atom stereocenters. The van der Waals surface area contributed by atoms with Gasteiger partial charge < -0.3 is 5.73 Å². The standard InChI is InChI=1S/C9H10N2O4/c1-2-6-5-7(3-4-8(6)10)9(12)15-11(13)14/h3-5H,2,10H2,1H3. The Labute approximate surface area is 85.7 Å². The first kappa shape index (κ1) is 11.0. The molecule has 0 unspecified atom stereocenters. The molecule has 0 aromatic heterocycles. The number of aryl methyl sites for hydroxylation is 1. The molecule has 6 heteroatoms. The van der Waals surface area contributed by atoms with Gasteiger partial charge in [-0.05, 0) is 30.2 Å². The molecule has 6 nitrogen and oxygen atoms in total. The van der Waals surface area contributed by atoms with Crippen molar-refractivity contribution in [3.05, 3.63) is 39.4 Å². The van der Waals surface area contributed by atoms with Crippen molar-refractivity contribution in [1.82, 2.24) is 0 Å². The summed E-state index contributed by atoms with van der Waals surface area (Å²) in [7, 11) is 0. The van der Waals surface area contributed by atoms with E-state index in [1.54, 1.807) is 0 Å². The number of benzene rings is 1. The molecule has 2 N–H and O–H groups in total. The minimum absolute atomic E-state index is 0.123. The first-order valence-corrected chi connectivity index (χ1v) is 4.29. The topological polar surface area (TPSA) is 95.5 Å². The highest BCUT2D eigenvalue weighted by atomic mass is 17.0. The fraction of sp³-hybridized carbons (Fsp3) is 0.222. The number of rotatable bonds is 3. The number of hydrogen-bond donors (Lipinski definition) is 1. The number of nitrogens with zero attached hydrogens (tertiary/aromatic N) is 1. The van der Waals surface area contributed by atoms with Crippen LogP contribution in [0.3, 0.4) is 0 Å². The summed E-state index contributed by atoms with van der Waals surface area (Å²) in [6.07, 6.45) is 0.644. The molecule has 0 radical (unpaired) electrons. The van der Waals surface area contributed by atoms with E-state index in [-0.39, 0.29) is 5.56 Å². The molecule has 15 heavy (non-hydrogen) atoms. The number of carbonyl (C=O) groups excluding carboxylic acids is 1. The highest BCUT2D eigenvalue weighted by Crippen LogP contribution is 2.15. The molecule has 0 bridgehead atoms. The van der Waals surface area contributed by atoms with Crippen LogP contribution in [0.4, 0.5) is 5.69 Å². The third-order valence-corrected chi connectivity index (χ3v) is 1.92. The summed E-state index contributed by atoms with van der Waals surface area (Å²) in [5, 5.41) is 8.81. The molecular formula is C9H10N2O4. The second kappa shape index (κ2) is 4.41. The van der Waals surface area contributed by atoms with Gasteiger partial charge in [0.1, 0.15) is 0 Å². The SMILES string of the molecule is CCc1cc(C(=O)O[N+](=O)[O-])ccc1N. The number of hydrogen-bond acceptors (Lipinski definition) is 5. The van der Waals surface area contributed by atoms with E-state index >= 15 is 0 Å². The Balaban J connectivity index is 2.95. The van der Waals surface area contributed by atoms with Crippen LogP contribution in [0.5, 0.6) is 0 Å². The second-order valence-corrected chi connectivity index (χ2v) is 2.87. The first-order valence-electron chi connectivity index (χ1n) is 4.29. The minimum atomic E-state index is -1.13. The third-order valence-electron chi connectivity index (χ3n) is 1.92. The lowest BCUT2D eigenvalue weighted by molar-refractivity contribution is -0.727. The largest absolute Gasteiger partial charge is 0.399 e. The van der Waals surface area contributed by atoms with E-state index in [1.807, 2.05) is 6.92 Å². The van der Waals surface area contributed by atoms with Gasteiger partial charge in [0, 0.05) is 11.3 Å². The predicted molar refractivity (Wildman–Crippen MR) is 52.6 cm³/mol. The van der Waals surface area contributed by atoms with Gasteiger partial charge >= 0.3 is 11.1 Å². The van der Waals surface area contributed by atoms with Crippen molar-refractivity contribution >= 4 is 11.7 Å². The van der Waals surface area contributed by atoms with Crippen molar-refractivity contribution in [2.75, 3.05) is 5.73 Å². The van der Waals surface area contributed by atoms with E-state index in [1.165, 1.54) is 18.2 Å². The Hall–Kier alpha value is -2.11. The number of nitrogen functional groups attached to an aromatic ring is 1. The fourth-order valence-corrected chi connectivity index (χ4v) is 1.16. The van der Waals surface area contributed by atoms with Gasteiger partial charge in [0.15, 0.2) is 0 Å². The summed E-state index contributed by atoms with van der Waals surface area (Å²) in [4.78, 5) is 24.9. The van der Waals surface area contributed by atoms with E-state index < -0.39 is 11.1 Å². The minimum Gasteiger partial charge on any atom is -0.399 e. The molecular weight excluding hydrogens is 200 g/mol. The summed E-state index contributed by atoms with van der Waals surface area (Å²) < 4.78 is 0. The lowest BCUT2D eigenvalue weighted by atomic mass is 10.1. The summed E-state index contributed by atoms with van der Waals surface area (Å²) in [6.45, 7) is 1.87. The van der Waals surface area contributed by atoms with Crippen LogP contribution in [-0.2, 0) is 11.3 Å². The molecule has 0 spiro atoms. The van der Waals surface area contributed by atoms with E-state index in [2.05, 4.69) is 4.84 Å². The first-order chi connectivity index (χ1) is 7.04. The lowest BCUT2D eigenvalue weighted by Gasteiger charge is -2.04. The second-order valence-electron chi connectivity index (χ2n) is 2.87. The smallest absolute Gasteiger partial charge is 0.334 e. The van der Waals surface area contributed by atoms with Crippen LogP contribution >= 0.6 is 0 Å². The maximum absolute atomic E-state index is 11.1. The number of carbonyl (C=O) groups is 1. The fourth-order valence-electron chi connectivity index (χ4n) is 1.16. The average molecular weight is 210 g/mol. The maximum atomic E-state index is 11.1. The molecule has 1 aromatic rings. The summed E-state index contributed by atoms with van der Waals surface area (Å²) in [5.41, 5.74) is 7.05. The molecule has 0 aliphatic heterocycles. The van der Waals surface area contributed by atoms with Crippen LogP contribution in [0.2, 0.25) is 0 Å². The molecule has 80 valence electrons. The molecule has 0 aliphatic carbocycles. The molecule has 0 saturated carbocycles. The zero-order valence-corrected chi connectivity index (χ0v) is 8.10. The van der Waals surface area contributed by atoms with E-state index in [4.69, 9.17) is 5.73 Å². The van der Waals surface area contributed by atoms with Crippen molar-refractivity contribution in [2.45, 2.75) is 13.3 Å². The van der Waals surface area contributed by atoms with Gasteiger partial charge in [-0.15, -0.1) is 10.1 Å². The Morgan fingerprint density at radius 3 is 2.80 bits per heavy atom. The monoisotopic (exact) mass is 210 g/mol. The van der Waals surface area contributed by atoms with Gasteiger partial charge in [0.25, 0.3) is 0 Å². The van der Waals surface area contributed by atoms with Gasteiger partial charge in [-0.1, -0.05) is 6.92 Å². The predicted octanol–water partition coefficient (Wildman–Crippen LogP) is 1.18. The van der Waals surface area contributed by atoms with Crippen LogP contribution in [0.25, 0.3) is 0 Å². The van der Waals surface area contributed by atoms with Crippen molar-refractivity contribution < 1.29 is 14.7 Å². The molecule has 0 amide bonds. The van der Waals surface area contributed by atoms with Gasteiger partial charge in [-0.25, -0.2) is 4.84 Å². The van der Waals surface area contributed by atoms with Crippen molar-refractivity contribution in [2.24, 2.45) is 0 Å². The van der Waals surface area contributed by atoms with Crippen molar-refractivity contribution in [3.8, 4) is 0 Å². The van der Waals surface area contributed by atoms with Gasteiger partial charge in [0.2, 0.25) is 0 Å². The van der Waals surface area contributed by atoms with Gasteiger partial charge in [0.05, 0.1) is 0 Å². The Bertz CT molecular complexity index is 403. The number of nitrogens with two attached hydrogens (primary N) is 1. The average Bonchev–Trinajstić information content (AvgIpc) is 2.17. The summed E-state index contributed by atoms with van der Waals surface area (Å²) in [5.74, 6) is -0.991.